The van der Waals surface area contributed by atoms with Crippen LogP contribution in [-0.2, 0) is 17.8 Å². The lowest BCUT2D eigenvalue weighted by Crippen LogP contribution is -2.55. The molecule has 1 aliphatic heterocycles. The minimum Gasteiger partial charge on any atom is -0.366 e. The molecule has 3 rings (SSSR count). The summed E-state index contributed by atoms with van der Waals surface area (Å²) >= 11 is 0. The summed E-state index contributed by atoms with van der Waals surface area (Å²) in [5.41, 5.74) is 14.2. The van der Waals surface area contributed by atoms with Crippen LogP contribution in [0.1, 0.15) is 48.2 Å². The van der Waals surface area contributed by atoms with Gasteiger partial charge >= 0.3 is 0 Å². The van der Waals surface area contributed by atoms with Gasteiger partial charge in [-0.2, -0.15) is 0 Å². The molecule has 5 nitrogen and oxygen atoms in total. The summed E-state index contributed by atoms with van der Waals surface area (Å²) in [6.07, 6.45) is 2.31. The molecular weight excluding hydrogens is 290 g/mol. The topological polar surface area (TPSA) is 89.4 Å². The first-order chi connectivity index (χ1) is 10.8. The highest BCUT2D eigenvalue weighted by molar-refractivity contribution is 5.93. The van der Waals surface area contributed by atoms with Crippen LogP contribution in [0.3, 0.4) is 0 Å². The molecule has 0 radical (unpaired) electrons. The first-order valence-electron chi connectivity index (χ1n) is 8.24. The first-order valence-corrected chi connectivity index (χ1v) is 8.24. The summed E-state index contributed by atoms with van der Waals surface area (Å²) < 4.78 is 0. The Balaban J connectivity index is 1.68. The molecule has 2 atom stereocenters. The highest BCUT2D eigenvalue weighted by Gasteiger charge is 2.46. The van der Waals surface area contributed by atoms with Gasteiger partial charge in [0, 0.05) is 31.1 Å². The number of carbonyl (C=O) groups excluding carboxylic acids is 2. The van der Waals surface area contributed by atoms with Gasteiger partial charge in [-0.1, -0.05) is 19.9 Å². The predicted octanol–water partition coefficient (Wildman–Crippen LogP) is 1.43. The van der Waals surface area contributed by atoms with Gasteiger partial charge in [-0.15, -0.1) is 0 Å². The summed E-state index contributed by atoms with van der Waals surface area (Å²) in [6.45, 7) is 5.59. The van der Waals surface area contributed by atoms with Gasteiger partial charge in [0.1, 0.15) is 0 Å². The SMILES string of the molecule is CC1(C)C(N)CC1CC(=O)N1CCc2ccc(C(N)=O)cc2C1. The summed E-state index contributed by atoms with van der Waals surface area (Å²) in [5, 5.41) is 0. The van der Waals surface area contributed by atoms with E-state index in [1.807, 2.05) is 17.0 Å². The van der Waals surface area contributed by atoms with Crippen LogP contribution in [-0.4, -0.2) is 29.3 Å². The molecule has 1 saturated carbocycles. The minimum atomic E-state index is -0.429. The third-order valence-electron chi connectivity index (χ3n) is 5.82. The molecule has 1 aliphatic carbocycles. The van der Waals surface area contributed by atoms with Crippen molar-refractivity contribution in [3.63, 3.8) is 0 Å². The lowest BCUT2D eigenvalue weighted by atomic mass is 9.58. The van der Waals surface area contributed by atoms with Gasteiger partial charge in [0.15, 0.2) is 0 Å². The fourth-order valence-corrected chi connectivity index (χ4v) is 3.67. The zero-order chi connectivity index (χ0) is 16.8. The molecule has 0 saturated heterocycles. The Morgan fingerprint density at radius 3 is 2.65 bits per heavy atom. The van der Waals surface area contributed by atoms with Crippen molar-refractivity contribution in [1.29, 1.82) is 0 Å². The lowest BCUT2D eigenvalue weighted by molar-refractivity contribution is -0.136. The van der Waals surface area contributed by atoms with Crippen LogP contribution in [0, 0.1) is 11.3 Å². The molecule has 2 unspecified atom stereocenters. The number of fused-ring (bicyclic) bond motifs is 1. The molecule has 0 aromatic heterocycles. The van der Waals surface area contributed by atoms with E-state index < -0.39 is 5.91 Å². The molecule has 2 amide bonds. The normalized spacial score (nSPS) is 25.4. The number of hydrogen-bond acceptors (Lipinski definition) is 3. The quantitative estimate of drug-likeness (QED) is 0.884. The zero-order valence-electron chi connectivity index (χ0n) is 13.8. The monoisotopic (exact) mass is 315 g/mol. The molecule has 5 heteroatoms. The van der Waals surface area contributed by atoms with Crippen molar-refractivity contribution in [1.82, 2.24) is 4.90 Å². The molecule has 2 aliphatic rings. The average Bonchev–Trinajstić information content (AvgIpc) is 2.53. The van der Waals surface area contributed by atoms with Crippen molar-refractivity contribution in [2.45, 2.75) is 45.7 Å². The molecule has 1 aromatic rings. The third kappa shape index (κ3) is 2.85. The Bertz CT molecular complexity index is 654. The second-order valence-corrected chi connectivity index (χ2v) is 7.48. The fourth-order valence-electron chi connectivity index (χ4n) is 3.67. The van der Waals surface area contributed by atoms with Crippen LogP contribution in [0.25, 0.3) is 0 Å². The molecule has 4 N–H and O–H groups in total. The van der Waals surface area contributed by atoms with Gasteiger partial charge in [-0.3, -0.25) is 9.59 Å². The molecule has 1 aromatic carbocycles. The van der Waals surface area contributed by atoms with Crippen molar-refractivity contribution < 1.29 is 9.59 Å². The molecular formula is C18H25N3O2. The maximum atomic E-state index is 12.6. The van der Waals surface area contributed by atoms with E-state index in [-0.39, 0.29) is 17.4 Å². The van der Waals surface area contributed by atoms with E-state index in [1.165, 1.54) is 5.56 Å². The summed E-state index contributed by atoms with van der Waals surface area (Å²) in [7, 11) is 0. The van der Waals surface area contributed by atoms with Gasteiger partial charge < -0.3 is 16.4 Å². The van der Waals surface area contributed by atoms with E-state index in [0.29, 0.717) is 24.4 Å². The Morgan fingerprint density at radius 1 is 1.30 bits per heavy atom. The second-order valence-electron chi connectivity index (χ2n) is 7.48. The first kappa shape index (κ1) is 16.0. The molecule has 124 valence electrons. The highest BCUT2D eigenvalue weighted by Crippen LogP contribution is 2.47. The largest absolute Gasteiger partial charge is 0.366 e. The number of nitrogens with two attached hydrogens (primary N) is 2. The second kappa shape index (κ2) is 5.64. The number of primary amides is 1. The van der Waals surface area contributed by atoms with Crippen LogP contribution >= 0.6 is 0 Å². The summed E-state index contributed by atoms with van der Waals surface area (Å²) in [5.74, 6) is 0.120. The van der Waals surface area contributed by atoms with Gasteiger partial charge in [-0.05, 0) is 47.4 Å². The lowest BCUT2D eigenvalue weighted by Gasteiger charge is -2.50. The number of rotatable bonds is 3. The van der Waals surface area contributed by atoms with Crippen molar-refractivity contribution in [3.05, 3.63) is 34.9 Å². The smallest absolute Gasteiger partial charge is 0.248 e. The van der Waals surface area contributed by atoms with Crippen LogP contribution in [0.2, 0.25) is 0 Å². The van der Waals surface area contributed by atoms with Gasteiger partial charge in [0.2, 0.25) is 11.8 Å². The Morgan fingerprint density at radius 2 is 2.04 bits per heavy atom. The van der Waals surface area contributed by atoms with Crippen molar-refractivity contribution >= 4 is 11.8 Å². The van der Waals surface area contributed by atoms with Crippen LogP contribution < -0.4 is 11.5 Å². The van der Waals surface area contributed by atoms with Gasteiger partial charge in [0.25, 0.3) is 0 Å². The van der Waals surface area contributed by atoms with Crippen LogP contribution in [0.4, 0.5) is 0 Å². The number of benzene rings is 1. The van der Waals surface area contributed by atoms with E-state index in [4.69, 9.17) is 11.5 Å². The average molecular weight is 315 g/mol. The number of carbonyl (C=O) groups is 2. The van der Waals surface area contributed by atoms with Crippen LogP contribution in [0.15, 0.2) is 18.2 Å². The number of amides is 2. The fraction of sp³-hybridized carbons (Fsp3) is 0.556. The molecule has 23 heavy (non-hydrogen) atoms. The van der Waals surface area contributed by atoms with Crippen molar-refractivity contribution in [2.24, 2.45) is 22.8 Å². The van der Waals surface area contributed by atoms with Gasteiger partial charge in [0.05, 0.1) is 0 Å². The van der Waals surface area contributed by atoms with E-state index in [2.05, 4.69) is 13.8 Å². The van der Waals surface area contributed by atoms with Crippen molar-refractivity contribution in [3.8, 4) is 0 Å². The van der Waals surface area contributed by atoms with Crippen molar-refractivity contribution in [2.75, 3.05) is 6.54 Å². The number of hydrogen-bond donors (Lipinski definition) is 2. The van der Waals surface area contributed by atoms with Crippen LogP contribution in [0.5, 0.6) is 0 Å². The van der Waals surface area contributed by atoms with E-state index in [1.54, 1.807) is 6.07 Å². The molecule has 0 bridgehead atoms. The minimum absolute atomic E-state index is 0.0441. The predicted molar refractivity (Wildman–Crippen MR) is 88.6 cm³/mol. The molecule has 1 fully saturated rings. The molecule has 0 spiro atoms. The van der Waals surface area contributed by atoms with Gasteiger partial charge in [-0.25, -0.2) is 0 Å². The van der Waals surface area contributed by atoms with E-state index in [0.717, 1.165) is 24.9 Å². The Hall–Kier alpha value is -1.88. The summed E-state index contributed by atoms with van der Waals surface area (Å²) in [4.78, 5) is 25.8. The maximum absolute atomic E-state index is 12.6. The molecule has 1 heterocycles. The highest BCUT2D eigenvalue weighted by atomic mass is 16.2. The third-order valence-corrected chi connectivity index (χ3v) is 5.82. The summed E-state index contributed by atoms with van der Waals surface area (Å²) in [6, 6.07) is 5.73. The standard InChI is InChI=1S/C18H25N3O2/c1-18(2)14(8-15(18)19)9-16(22)21-6-5-11-3-4-12(17(20)23)7-13(11)10-21/h3-4,7,14-15H,5-6,8-10,19H2,1-2H3,(H2,20,23). The van der Waals surface area contributed by atoms with E-state index in [9.17, 15) is 9.59 Å². The number of nitrogens with zero attached hydrogens (tertiary/aromatic N) is 1. The Labute approximate surface area is 137 Å². The Kier molecular flexibility index (Phi) is 3.92. The van der Waals surface area contributed by atoms with E-state index >= 15 is 0 Å². The maximum Gasteiger partial charge on any atom is 0.248 e. The zero-order valence-corrected chi connectivity index (χ0v) is 13.8.